The SMILES string of the molecule is Cc1ccc2nc3c(C=O)cn(C)c(=O)c3cc2c1. The lowest BCUT2D eigenvalue weighted by atomic mass is 10.1. The highest BCUT2D eigenvalue weighted by molar-refractivity contribution is 6.00. The van der Waals surface area contributed by atoms with Crippen LogP contribution in [0.3, 0.4) is 0 Å². The molecule has 0 saturated carbocycles. The molecule has 0 saturated heterocycles. The summed E-state index contributed by atoms with van der Waals surface area (Å²) in [6.45, 7) is 1.99. The molecule has 0 amide bonds. The van der Waals surface area contributed by atoms with E-state index in [1.165, 1.54) is 10.8 Å². The number of nitrogens with zero attached hydrogens (tertiary/aromatic N) is 2. The van der Waals surface area contributed by atoms with Crippen LogP contribution in [-0.4, -0.2) is 15.8 Å². The van der Waals surface area contributed by atoms with Gasteiger partial charge in [0.15, 0.2) is 6.29 Å². The molecule has 2 aromatic heterocycles. The number of hydrogen-bond donors (Lipinski definition) is 0. The summed E-state index contributed by atoms with van der Waals surface area (Å²) in [5, 5.41) is 1.39. The normalized spacial score (nSPS) is 11.1. The molecule has 4 heteroatoms. The van der Waals surface area contributed by atoms with Gasteiger partial charge in [-0.2, -0.15) is 0 Å². The van der Waals surface area contributed by atoms with Crippen molar-refractivity contribution in [1.29, 1.82) is 0 Å². The minimum absolute atomic E-state index is 0.142. The lowest BCUT2D eigenvalue weighted by molar-refractivity contribution is 0.112. The van der Waals surface area contributed by atoms with Crippen LogP contribution in [0.1, 0.15) is 15.9 Å². The summed E-state index contributed by atoms with van der Waals surface area (Å²) in [6, 6.07) is 7.65. The predicted octanol–water partition coefficient (Wildman–Crippen LogP) is 2.21. The number of rotatable bonds is 1. The van der Waals surface area contributed by atoms with Crippen LogP contribution in [0.4, 0.5) is 0 Å². The topological polar surface area (TPSA) is 52.0 Å². The minimum atomic E-state index is -0.142. The molecular formula is C15H12N2O2. The third-order valence-corrected chi connectivity index (χ3v) is 3.25. The zero-order chi connectivity index (χ0) is 13.6. The van der Waals surface area contributed by atoms with Crippen molar-refractivity contribution in [3.05, 3.63) is 51.9 Å². The number of pyridine rings is 2. The van der Waals surface area contributed by atoms with Crippen molar-refractivity contribution in [2.24, 2.45) is 7.05 Å². The molecule has 0 aliphatic heterocycles. The van der Waals surface area contributed by atoms with Gasteiger partial charge in [-0.25, -0.2) is 4.98 Å². The fraction of sp³-hybridized carbons (Fsp3) is 0.133. The summed E-state index contributed by atoms with van der Waals surface area (Å²) in [7, 11) is 1.63. The van der Waals surface area contributed by atoms with Crippen molar-refractivity contribution < 1.29 is 4.79 Å². The second-order valence-electron chi connectivity index (χ2n) is 4.70. The number of hydrogen-bond acceptors (Lipinski definition) is 3. The van der Waals surface area contributed by atoms with Crippen molar-refractivity contribution in [2.75, 3.05) is 0 Å². The van der Waals surface area contributed by atoms with E-state index in [0.29, 0.717) is 16.5 Å². The third kappa shape index (κ3) is 1.73. The Morgan fingerprint density at radius 3 is 2.79 bits per heavy atom. The van der Waals surface area contributed by atoms with E-state index in [0.717, 1.165) is 22.8 Å². The summed E-state index contributed by atoms with van der Waals surface area (Å²) in [5.74, 6) is 0. The molecule has 0 bridgehead atoms. The molecule has 0 aliphatic carbocycles. The minimum Gasteiger partial charge on any atom is -0.317 e. The van der Waals surface area contributed by atoms with Gasteiger partial charge in [-0.15, -0.1) is 0 Å². The molecule has 19 heavy (non-hydrogen) atoms. The summed E-state index contributed by atoms with van der Waals surface area (Å²) < 4.78 is 1.41. The van der Waals surface area contributed by atoms with Gasteiger partial charge >= 0.3 is 0 Å². The highest BCUT2D eigenvalue weighted by Gasteiger charge is 2.09. The third-order valence-electron chi connectivity index (χ3n) is 3.25. The van der Waals surface area contributed by atoms with Crippen molar-refractivity contribution in [1.82, 2.24) is 9.55 Å². The first-order valence-electron chi connectivity index (χ1n) is 5.96. The largest absolute Gasteiger partial charge is 0.317 e. The first-order chi connectivity index (χ1) is 9.10. The summed E-state index contributed by atoms with van der Waals surface area (Å²) in [6.07, 6.45) is 2.25. The Balaban J connectivity index is 2.57. The van der Waals surface area contributed by atoms with Crippen molar-refractivity contribution in [3.63, 3.8) is 0 Å². The molecule has 0 fully saturated rings. The van der Waals surface area contributed by atoms with E-state index in [4.69, 9.17) is 0 Å². The van der Waals surface area contributed by atoms with E-state index in [9.17, 15) is 9.59 Å². The molecule has 0 atom stereocenters. The molecular weight excluding hydrogens is 240 g/mol. The molecule has 0 spiro atoms. The maximum Gasteiger partial charge on any atom is 0.259 e. The number of carbonyl (C=O) groups excluding carboxylic acids is 1. The van der Waals surface area contributed by atoms with Crippen LogP contribution in [0, 0.1) is 6.92 Å². The Hall–Kier alpha value is -2.49. The molecule has 0 aliphatic rings. The summed E-state index contributed by atoms with van der Waals surface area (Å²) in [4.78, 5) is 27.7. The zero-order valence-corrected chi connectivity index (χ0v) is 10.7. The summed E-state index contributed by atoms with van der Waals surface area (Å²) >= 11 is 0. The van der Waals surface area contributed by atoms with Crippen LogP contribution >= 0.6 is 0 Å². The number of benzene rings is 1. The van der Waals surface area contributed by atoms with Crippen molar-refractivity contribution in [2.45, 2.75) is 6.92 Å². The van der Waals surface area contributed by atoms with Gasteiger partial charge in [0.1, 0.15) is 0 Å². The standard InChI is InChI=1S/C15H12N2O2/c1-9-3-4-13-10(5-9)6-12-14(16-13)11(8-18)7-17(2)15(12)19/h3-8H,1-2H3. The van der Waals surface area contributed by atoms with E-state index in [-0.39, 0.29) is 5.56 Å². The van der Waals surface area contributed by atoms with Crippen LogP contribution in [-0.2, 0) is 7.05 Å². The van der Waals surface area contributed by atoms with Gasteiger partial charge in [-0.1, -0.05) is 11.6 Å². The van der Waals surface area contributed by atoms with Gasteiger partial charge in [-0.3, -0.25) is 9.59 Å². The highest BCUT2D eigenvalue weighted by atomic mass is 16.1. The Kier molecular flexibility index (Phi) is 2.45. The average molecular weight is 252 g/mol. The van der Waals surface area contributed by atoms with E-state index in [2.05, 4.69) is 4.98 Å². The molecule has 3 rings (SSSR count). The van der Waals surface area contributed by atoms with Crippen LogP contribution in [0.2, 0.25) is 0 Å². The van der Waals surface area contributed by atoms with E-state index >= 15 is 0 Å². The van der Waals surface area contributed by atoms with Crippen LogP contribution in [0.5, 0.6) is 0 Å². The van der Waals surface area contributed by atoms with Crippen LogP contribution in [0.15, 0.2) is 35.3 Å². The summed E-state index contributed by atoms with van der Waals surface area (Å²) in [5.41, 5.74) is 2.65. The lowest BCUT2D eigenvalue weighted by Gasteiger charge is -2.06. The molecule has 4 nitrogen and oxygen atoms in total. The monoisotopic (exact) mass is 252 g/mol. The quantitative estimate of drug-likeness (QED) is 0.493. The zero-order valence-electron chi connectivity index (χ0n) is 10.7. The molecule has 3 aromatic rings. The molecule has 0 radical (unpaired) electrons. The number of fused-ring (bicyclic) bond motifs is 2. The van der Waals surface area contributed by atoms with E-state index in [1.807, 2.05) is 25.1 Å². The molecule has 1 aromatic carbocycles. The fourth-order valence-corrected chi connectivity index (χ4v) is 2.28. The lowest BCUT2D eigenvalue weighted by Crippen LogP contribution is -2.17. The van der Waals surface area contributed by atoms with Gasteiger partial charge in [-0.05, 0) is 25.1 Å². The first-order valence-corrected chi connectivity index (χ1v) is 5.96. The molecule has 0 unspecified atom stereocenters. The first kappa shape index (κ1) is 11.6. The second kappa shape index (κ2) is 4.02. The fourth-order valence-electron chi connectivity index (χ4n) is 2.28. The smallest absolute Gasteiger partial charge is 0.259 e. The number of aromatic nitrogens is 2. The van der Waals surface area contributed by atoms with Gasteiger partial charge < -0.3 is 4.57 Å². The van der Waals surface area contributed by atoms with E-state index in [1.54, 1.807) is 13.1 Å². The van der Waals surface area contributed by atoms with Gasteiger partial charge in [0.25, 0.3) is 5.56 Å². The molecule has 94 valence electrons. The van der Waals surface area contributed by atoms with Crippen LogP contribution < -0.4 is 5.56 Å². The molecule has 0 N–H and O–H groups in total. The second-order valence-corrected chi connectivity index (χ2v) is 4.70. The van der Waals surface area contributed by atoms with Gasteiger partial charge in [0, 0.05) is 18.6 Å². The van der Waals surface area contributed by atoms with Crippen molar-refractivity contribution in [3.8, 4) is 0 Å². The number of aryl methyl sites for hydroxylation is 2. The Labute approximate surface area is 109 Å². The maximum atomic E-state index is 12.1. The van der Waals surface area contributed by atoms with Crippen molar-refractivity contribution >= 4 is 28.1 Å². The number of carbonyl (C=O) groups is 1. The number of aldehydes is 1. The average Bonchev–Trinajstić information content (AvgIpc) is 2.41. The van der Waals surface area contributed by atoms with Gasteiger partial charge in [0.2, 0.25) is 0 Å². The molecule has 2 heterocycles. The Bertz CT molecular complexity index is 879. The predicted molar refractivity (Wildman–Crippen MR) is 74.6 cm³/mol. The van der Waals surface area contributed by atoms with E-state index < -0.39 is 0 Å². The highest BCUT2D eigenvalue weighted by Crippen LogP contribution is 2.20. The van der Waals surface area contributed by atoms with Crippen LogP contribution in [0.25, 0.3) is 21.8 Å². The van der Waals surface area contributed by atoms with Gasteiger partial charge in [0.05, 0.1) is 22.0 Å². The maximum absolute atomic E-state index is 12.1. The Morgan fingerprint density at radius 1 is 1.26 bits per heavy atom. The Morgan fingerprint density at radius 2 is 2.05 bits per heavy atom.